The highest BCUT2D eigenvalue weighted by molar-refractivity contribution is 8.00. The van der Waals surface area contributed by atoms with Gasteiger partial charge in [0.1, 0.15) is 5.78 Å². The van der Waals surface area contributed by atoms with Gasteiger partial charge in [0.25, 0.3) is 0 Å². The molecule has 0 aromatic carbocycles. The van der Waals surface area contributed by atoms with Crippen molar-refractivity contribution in [3.05, 3.63) is 0 Å². The highest BCUT2D eigenvalue weighted by Crippen LogP contribution is 2.63. The monoisotopic (exact) mass is 420 g/mol. The number of rotatable bonds is 3. The Bertz CT molecular complexity index is 658. The summed E-state index contributed by atoms with van der Waals surface area (Å²) >= 11 is 2.25. The van der Waals surface area contributed by atoms with Gasteiger partial charge in [-0.05, 0) is 85.7 Å². The summed E-state index contributed by atoms with van der Waals surface area (Å²) in [4.78, 5) is 12.4. The molecule has 164 valence electrons. The minimum Gasteiger partial charge on any atom is -0.348 e. The summed E-state index contributed by atoms with van der Waals surface area (Å²) in [6.07, 6.45) is 9.71. The molecule has 3 saturated carbocycles. The summed E-state index contributed by atoms with van der Waals surface area (Å²) in [6.45, 7) is 10.9. The molecule has 0 amide bonds. The number of fused-ring (bicyclic) bond motifs is 2. The van der Waals surface area contributed by atoms with E-state index < -0.39 is 0 Å². The average molecular weight is 421 g/mol. The molecule has 0 radical (unpaired) electrons. The SMILES string of the molecule is CC(=O)C1CCC2C(CC3SCC4(C)CCC5(CC34)OCCO5)C(C)CCC12C. The maximum atomic E-state index is 12.4. The number of carbonyl (C=O) groups is 1. The Morgan fingerprint density at radius 3 is 2.52 bits per heavy atom. The minimum absolute atomic E-state index is 0.251. The maximum absolute atomic E-state index is 12.4. The topological polar surface area (TPSA) is 35.5 Å². The molecule has 0 aromatic heterocycles. The van der Waals surface area contributed by atoms with E-state index in [1.54, 1.807) is 0 Å². The Labute approximate surface area is 181 Å². The summed E-state index contributed by atoms with van der Waals surface area (Å²) in [5.41, 5.74) is 0.704. The molecular weight excluding hydrogens is 380 g/mol. The fourth-order valence-corrected chi connectivity index (χ4v) is 10.3. The summed E-state index contributed by atoms with van der Waals surface area (Å²) in [6, 6.07) is 0. The molecule has 2 aliphatic heterocycles. The molecule has 5 aliphatic rings. The number of ketones is 1. The van der Waals surface area contributed by atoms with Crippen LogP contribution in [0.4, 0.5) is 0 Å². The van der Waals surface area contributed by atoms with Crippen LogP contribution in [0.3, 0.4) is 0 Å². The van der Waals surface area contributed by atoms with Gasteiger partial charge in [0.05, 0.1) is 13.2 Å². The van der Waals surface area contributed by atoms with Crippen LogP contribution in [0.25, 0.3) is 0 Å². The number of hydrogen-bond acceptors (Lipinski definition) is 4. The Morgan fingerprint density at radius 1 is 1.03 bits per heavy atom. The zero-order valence-electron chi connectivity index (χ0n) is 18.9. The predicted molar refractivity (Wildman–Crippen MR) is 118 cm³/mol. The molecule has 2 heterocycles. The van der Waals surface area contributed by atoms with Crippen molar-refractivity contribution < 1.29 is 14.3 Å². The number of thioether (sulfide) groups is 1. The van der Waals surface area contributed by atoms with E-state index in [1.807, 2.05) is 6.92 Å². The Kier molecular flexibility index (Phi) is 5.19. The standard InChI is InChI=1S/C25H40O3S/c1-16-7-8-24(4)19(17(2)26)5-6-20(24)18(16)13-22-21-14-25(27-11-12-28-25)10-9-23(21,3)15-29-22/h16,18-22H,5-15H2,1-4H3. The second kappa shape index (κ2) is 7.24. The molecule has 4 heteroatoms. The van der Waals surface area contributed by atoms with Crippen molar-refractivity contribution in [1.82, 2.24) is 0 Å². The normalized spacial score (nSPS) is 51.2. The van der Waals surface area contributed by atoms with E-state index in [0.29, 0.717) is 23.0 Å². The molecular formula is C25H40O3S. The molecule has 5 rings (SSSR count). The fraction of sp³-hybridized carbons (Fsp3) is 0.960. The lowest BCUT2D eigenvalue weighted by molar-refractivity contribution is -0.202. The molecule has 8 atom stereocenters. The number of ether oxygens (including phenoxy) is 2. The van der Waals surface area contributed by atoms with Gasteiger partial charge in [-0.1, -0.05) is 20.8 Å². The van der Waals surface area contributed by atoms with Crippen LogP contribution >= 0.6 is 11.8 Å². The molecule has 3 nitrogen and oxygen atoms in total. The van der Waals surface area contributed by atoms with E-state index >= 15 is 0 Å². The van der Waals surface area contributed by atoms with Gasteiger partial charge >= 0.3 is 0 Å². The van der Waals surface area contributed by atoms with E-state index in [9.17, 15) is 4.79 Å². The van der Waals surface area contributed by atoms with E-state index in [1.165, 1.54) is 37.9 Å². The Morgan fingerprint density at radius 2 is 1.79 bits per heavy atom. The molecule has 29 heavy (non-hydrogen) atoms. The first-order valence-electron chi connectivity index (χ1n) is 12.2. The largest absolute Gasteiger partial charge is 0.348 e. The van der Waals surface area contributed by atoms with Crippen LogP contribution in [0.1, 0.15) is 79.1 Å². The van der Waals surface area contributed by atoms with Crippen LogP contribution in [0.15, 0.2) is 0 Å². The molecule has 0 N–H and O–H groups in total. The van der Waals surface area contributed by atoms with Crippen LogP contribution in [0.2, 0.25) is 0 Å². The predicted octanol–water partition coefficient (Wildman–Crippen LogP) is 5.71. The summed E-state index contributed by atoms with van der Waals surface area (Å²) in [7, 11) is 0. The lowest BCUT2D eigenvalue weighted by atomic mass is 9.56. The van der Waals surface area contributed by atoms with Crippen LogP contribution < -0.4 is 0 Å². The van der Waals surface area contributed by atoms with Crippen LogP contribution in [-0.2, 0) is 14.3 Å². The van der Waals surface area contributed by atoms with Crippen molar-refractivity contribution in [1.29, 1.82) is 0 Å². The van der Waals surface area contributed by atoms with Gasteiger partial charge in [-0.2, -0.15) is 11.8 Å². The Hall–Kier alpha value is -0.0600. The molecule has 5 fully saturated rings. The zero-order chi connectivity index (χ0) is 20.4. The molecule has 2 saturated heterocycles. The number of Topliss-reactive ketones (excluding diaryl/α,β-unsaturated/α-hetero) is 1. The molecule has 3 aliphatic carbocycles. The molecule has 0 aromatic rings. The van der Waals surface area contributed by atoms with Crippen LogP contribution in [0.5, 0.6) is 0 Å². The van der Waals surface area contributed by atoms with Gasteiger partial charge in [-0.15, -0.1) is 0 Å². The second-order valence-electron chi connectivity index (χ2n) is 11.7. The second-order valence-corrected chi connectivity index (χ2v) is 12.9. The van der Waals surface area contributed by atoms with E-state index in [4.69, 9.17) is 9.47 Å². The third kappa shape index (κ3) is 3.26. The Balaban J connectivity index is 1.35. The van der Waals surface area contributed by atoms with E-state index in [0.717, 1.165) is 55.5 Å². The van der Waals surface area contributed by atoms with Gasteiger partial charge in [0, 0.05) is 24.0 Å². The lowest BCUT2D eigenvalue weighted by Gasteiger charge is -2.50. The highest BCUT2D eigenvalue weighted by Gasteiger charge is 2.58. The first kappa shape index (κ1) is 20.8. The molecule has 1 spiro atoms. The number of carbonyl (C=O) groups excluding carboxylic acids is 1. The maximum Gasteiger partial charge on any atom is 0.168 e. The third-order valence-corrected chi connectivity index (χ3v) is 12.0. The van der Waals surface area contributed by atoms with Gasteiger partial charge < -0.3 is 9.47 Å². The van der Waals surface area contributed by atoms with E-state index in [2.05, 4.69) is 32.5 Å². The van der Waals surface area contributed by atoms with Gasteiger partial charge in [0.2, 0.25) is 0 Å². The van der Waals surface area contributed by atoms with Crippen LogP contribution in [-0.4, -0.2) is 35.8 Å². The minimum atomic E-state index is -0.271. The zero-order valence-corrected chi connectivity index (χ0v) is 19.7. The van der Waals surface area contributed by atoms with Crippen molar-refractivity contribution in [2.24, 2.45) is 40.4 Å². The lowest BCUT2D eigenvalue weighted by Crippen LogP contribution is -2.47. The van der Waals surface area contributed by atoms with E-state index in [-0.39, 0.29) is 11.2 Å². The first-order chi connectivity index (χ1) is 13.8. The van der Waals surface area contributed by atoms with Gasteiger partial charge in [-0.25, -0.2) is 0 Å². The van der Waals surface area contributed by atoms with Crippen molar-refractivity contribution in [3.8, 4) is 0 Å². The molecule has 8 unspecified atom stereocenters. The van der Waals surface area contributed by atoms with Crippen molar-refractivity contribution in [2.45, 2.75) is 90.1 Å². The molecule has 0 bridgehead atoms. The first-order valence-corrected chi connectivity index (χ1v) is 13.2. The summed E-state index contributed by atoms with van der Waals surface area (Å²) in [5.74, 6) is 4.81. The summed E-state index contributed by atoms with van der Waals surface area (Å²) in [5, 5.41) is 0.733. The average Bonchev–Trinajstić information content (AvgIpc) is 3.36. The van der Waals surface area contributed by atoms with Crippen molar-refractivity contribution in [3.63, 3.8) is 0 Å². The van der Waals surface area contributed by atoms with Crippen molar-refractivity contribution in [2.75, 3.05) is 19.0 Å². The third-order valence-electron chi connectivity index (χ3n) is 10.2. The van der Waals surface area contributed by atoms with Gasteiger partial charge in [-0.3, -0.25) is 4.79 Å². The fourth-order valence-electron chi connectivity index (χ4n) is 8.32. The number of hydrogen-bond donors (Lipinski definition) is 0. The smallest absolute Gasteiger partial charge is 0.168 e. The van der Waals surface area contributed by atoms with Crippen LogP contribution in [0, 0.1) is 40.4 Å². The highest BCUT2D eigenvalue weighted by atomic mass is 32.2. The van der Waals surface area contributed by atoms with Crippen molar-refractivity contribution >= 4 is 17.5 Å². The quantitative estimate of drug-likeness (QED) is 0.586. The van der Waals surface area contributed by atoms with Gasteiger partial charge in [0.15, 0.2) is 5.79 Å². The summed E-state index contributed by atoms with van der Waals surface area (Å²) < 4.78 is 12.3.